The lowest BCUT2D eigenvalue weighted by Crippen LogP contribution is -2.57. The van der Waals surface area contributed by atoms with Crippen LogP contribution in [0.15, 0.2) is 48.5 Å². The predicted molar refractivity (Wildman–Crippen MR) is 143 cm³/mol. The van der Waals surface area contributed by atoms with Gasteiger partial charge in [0, 0.05) is 34.6 Å². The van der Waals surface area contributed by atoms with E-state index < -0.39 is 12.1 Å². The molecule has 7 nitrogen and oxygen atoms in total. The van der Waals surface area contributed by atoms with Gasteiger partial charge in [-0.15, -0.1) is 0 Å². The molecule has 0 saturated heterocycles. The van der Waals surface area contributed by atoms with Gasteiger partial charge in [0.15, 0.2) is 0 Å². The normalized spacial score (nSPS) is 19.9. The second-order valence-corrected chi connectivity index (χ2v) is 10.6. The molecule has 5 rings (SSSR count). The average Bonchev–Trinajstić information content (AvgIpc) is 3.41. The molecule has 2 aliphatic heterocycles. The lowest BCUT2D eigenvalue weighted by atomic mass is 9.89. The second-order valence-electron chi connectivity index (χ2n) is 9.65. The van der Waals surface area contributed by atoms with Gasteiger partial charge in [-0.3, -0.25) is 14.4 Å². The molecule has 3 amide bonds. The van der Waals surface area contributed by atoms with Crippen LogP contribution in [-0.2, 0) is 16.0 Å². The van der Waals surface area contributed by atoms with Gasteiger partial charge in [0.25, 0.3) is 5.91 Å². The number of carbonyl (C=O) groups is 3. The number of benzene rings is 2. The summed E-state index contributed by atoms with van der Waals surface area (Å²) in [5, 5.41) is 7.08. The summed E-state index contributed by atoms with van der Waals surface area (Å²) < 4.78 is 0. The maximum absolute atomic E-state index is 13.8. The summed E-state index contributed by atoms with van der Waals surface area (Å²) in [6, 6.07) is 13.9. The summed E-state index contributed by atoms with van der Waals surface area (Å²) in [5.41, 5.74) is 4.54. The van der Waals surface area contributed by atoms with Crippen molar-refractivity contribution in [2.75, 3.05) is 12.0 Å². The first kappa shape index (κ1) is 24.4. The molecule has 3 heterocycles. The minimum Gasteiger partial charge on any atom is -0.356 e. The van der Waals surface area contributed by atoms with Crippen LogP contribution >= 0.6 is 11.8 Å². The van der Waals surface area contributed by atoms with Crippen molar-refractivity contribution < 1.29 is 14.4 Å². The maximum atomic E-state index is 13.8. The van der Waals surface area contributed by atoms with Gasteiger partial charge in [-0.2, -0.15) is 11.8 Å². The molecule has 2 aromatic carbocycles. The van der Waals surface area contributed by atoms with Crippen molar-refractivity contribution in [1.82, 2.24) is 20.5 Å². The van der Waals surface area contributed by atoms with Gasteiger partial charge in [0.2, 0.25) is 11.8 Å². The highest BCUT2D eigenvalue weighted by molar-refractivity contribution is 7.98. The van der Waals surface area contributed by atoms with Crippen LogP contribution in [0.4, 0.5) is 0 Å². The topological polar surface area (TPSA) is 94.3 Å². The minimum atomic E-state index is -0.713. The van der Waals surface area contributed by atoms with Crippen LogP contribution in [0.1, 0.15) is 59.9 Å². The monoisotopic (exact) mass is 504 g/mol. The van der Waals surface area contributed by atoms with Crippen molar-refractivity contribution in [2.45, 2.75) is 57.3 Å². The summed E-state index contributed by atoms with van der Waals surface area (Å²) in [5.74, 6) is 0.127. The van der Waals surface area contributed by atoms with Crippen molar-refractivity contribution in [3.8, 4) is 0 Å². The first-order chi connectivity index (χ1) is 17.4. The number of hydrogen-bond donors (Lipinski definition) is 3. The third-order valence-electron chi connectivity index (χ3n) is 7.40. The first-order valence-electron chi connectivity index (χ1n) is 12.5. The number of thioether (sulfide) groups is 1. The van der Waals surface area contributed by atoms with E-state index in [1.807, 2.05) is 62.6 Å². The number of nitrogens with one attached hydrogen (secondary N) is 3. The molecule has 36 heavy (non-hydrogen) atoms. The summed E-state index contributed by atoms with van der Waals surface area (Å²) >= 11 is 1.64. The Labute approximate surface area is 215 Å². The van der Waals surface area contributed by atoms with Gasteiger partial charge < -0.3 is 20.5 Å². The SMILES string of the molecule is CC[C@@H](C)NC(=O)[C@H](CCSC)NC(=O)[C@@H]1Cc2c([nH]c3ccccc23)[C@H]2c3ccccc3C(=O)N21. The van der Waals surface area contributed by atoms with E-state index in [0.717, 1.165) is 39.9 Å². The zero-order chi connectivity index (χ0) is 25.4. The Morgan fingerprint density at radius 3 is 2.67 bits per heavy atom. The minimum absolute atomic E-state index is 0.0219. The van der Waals surface area contributed by atoms with E-state index in [9.17, 15) is 14.4 Å². The molecule has 0 unspecified atom stereocenters. The molecule has 0 radical (unpaired) electrons. The Kier molecular flexibility index (Phi) is 6.79. The van der Waals surface area contributed by atoms with Gasteiger partial charge >= 0.3 is 0 Å². The third kappa shape index (κ3) is 4.17. The predicted octanol–water partition coefficient (Wildman–Crippen LogP) is 3.79. The molecule has 188 valence electrons. The number of para-hydroxylation sites is 1. The fraction of sp³-hybridized carbons (Fsp3) is 0.393. The smallest absolute Gasteiger partial charge is 0.255 e. The second kappa shape index (κ2) is 10.0. The van der Waals surface area contributed by atoms with Gasteiger partial charge in [-0.05, 0) is 55.0 Å². The number of amides is 3. The summed E-state index contributed by atoms with van der Waals surface area (Å²) in [4.78, 5) is 45.7. The van der Waals surface area contributed by atoms with Crippen molar-refractivity contribution in [2.24, 2.45) is 0 Å². The number of hydrogen-bond acceptors (Lipinski definition) is 4. The number of aromatic amines is 1. The fourth-order valence-corrected chi connectivity index (χ4v) is 5.83. The highest BCUT2D eigenvalue weighted by atomic mass is 32.2. The standard InChI is InChI=1S/C28H32N4O3S/c1-4-16(2)29-26(33)22(13-14-36-3)31-27(34)23-15-20-17-9-7-8-12-21(17)30-24(20)25-18-10-5-6-11-19(18)28(35)32(23)25/h5-12,16,22-23,25,30H,4,13-15H2,1-3H3,(H,29,33)(H,31,34)/t16-,22+,23+,25-/m1/s1. The van der Waals surface area contributed by atoms with Crippen LogP contribution in [0.2, 0.25) is 0 Å². The van der Waals surface area contributed by atoms with Crippen LogP contribution < -0.4 is 10.6 Å². The average molecular weight is 505 g/mol. The zero-order valence-electron chi connectivity index (χ0n) is 20.8. The first-order valence-corrected chi connectivity index (χ1v) is 13.9. The lowest BCUT2D eigenvalue weighted by Gasteiger charge is -2.37. The van der Waals surface area contributed by atoms with E-state index in [1.165, 1.54) is 0 Å². The van der Waals surface area contributed by atoms with Gasteiger partial charge in [-0.1, -0.05) is 43.3 Å². The summed E-state index contributed by atoms with van der Waals surface area (Å²) in [7, 11) is 0. The molecule has 0 spiro atoms. The number of nitrogens with zero attached hydrogens (tertiary/aromatic N) is 1. The highest BCUT2D eigenvalue weighted by Crippen LogP contribution is 2.46. The highest BCUT2D eigenvalue weighted by Gasteiger charge is 2.49. The number of H-pyrrole nitrogens is 1. The number of fused-ring (bicyclic) bond motifs is 7. The van der Waals surface area contributed by atoms with Gasteiger partial charge in [-0.25, -0.2) is 0 Å². The molecule has 3 N–H and O–H groups in total. The molecule has 0 bridgehead atoms. The van der Waals surface area contributed by atoms with E-state index in [-0.39, 0.29) is 29.8 Å². The number of aromatic nitrogens is 1. The molecule has 0 fully saturated rings. The molecule has 4 atom stereocenters. The van der Waals surface area contributed by atoms with Gasteiger partial charge in [0.05, 0.1) is 6.04 Å². The molecule has 0 aliphatic carbocycles. The quantitative estimate of drug-likeness (QED) is 0.435. The molecule has 3 aromatic rings. The number of carbonyl (C=O) groups excluding carboxylic acids is 3. The maximum Gasteiger partial charge on any atom is 0.255 e. The molecular weight excluding hydrogens is 472 g/mol. The van der Waals surface area contributed by atoms with Crippen LogP contribution in [0, 0.1) is 0 Å². The van der Waals surface area contributed by atoms with Crippen LogP contribution in [0.5, 0.6) is 0 Å². The summed E-state index contributed by atoms with van der Waals surface area (Å²) in [6.45, 7) is 3.97. The Morgan fingerprint density at radius 1 is 1.14 bits per heavy atom. The largest absolute Gasteiger partial charge is 0.356 e. The summed E-state index contributed by atoms with van der Waals surface area (Å²) in [6.07, 6.45) is 3.71. The molecule has 8 heteroatoms. The van der Waals surface area contributed by atoms with Crippen molar-refractivity contribution in [3.63, 3.8) is 0 Å². The Bertz CT molecular complexity index is 1320. The third-order valence-corrected chi connectivity index (χ3v) is 8.04. The Hall–Kier alpha value is -3.26. The van der Waals surface area contributed by atoms with Crippen LogP contribution in [0.25, 0.3) is 10.9 Å². The van der Waals surface area contributed by atoms with E-state index in [1.54, 1.807) is 16.7 Å². The Morgan fingerprint density at radius 2 is 1.89 bits per heavy atom. The molecule has 1 aromatic heterocycles. The fourth-order valence-electron chi connectivity index (χ4n) is 5.36. The number of rotatable bonds is 8. The molecule has 2 aliphatic rings. The van der Waals surface area contributed by atoms with Crippen molar-refractivity contribution in [3.05, 3.63) is 70.9 Å². The van der Waals surface area contributed by atoms with E-state index in [0.29, 0.717) is 18.4 Å². The molecule has 0 saturated carbocycles. The molecular formula is C28H32N4O3S. The van der Waals surface area contributed by atoms with Crippen LogP contribution in [-0.4, -0.2) is 57.7 Å². The van der Waals surface area contributed by atoms with E-state index >= 15 is 0 Å². The van der Waals surface area contributed by atoms with Crippen LogP contribution in [0.3, 0.4) is 0 Å². The van der Waals surface area contributed by atoms with Crippen molar-refractivity contribution in [1.29, 1.82) is 0 Å². The Balaban J connectivity index is 1.51. The zero-order valence-corrected chi connectivity index (χ0v) is 21.7. The van der Waals surface area contributed by atoms with Gasteiger partial charge in [0.1, 0.15) is 12.1 Å². The van der Waals surface area contributed by atoms with E-state index in [2.05, 4.69) is 21.7 Å². The lowest BCUT2D eigenvalue weighted by molar-refractivity contribution is -0.132. The van der Waals surface area contributed by atoms with Crippen molar-refractivity contribution >= 4 is 40.4 Å². The van der Waals surface area contributed by atoms with E-state index in [4.69, 9.17) is 0 Å².